The van der Waals surface area contributed by atoms with Crippen LogP contribution in [0, 0.1) is 6.92 Å². The Morgan fingerprint density at radius 3 is 2.73 bits per heavy atom. The quantitative estimate of drug-likeness (QED) is 0.657. The highest BCUT2D eigenvalue weighted by atomic mass is 14.9. The highest BCUT2D eigenvalue weighted by Gasteiger charge is 2.02. The maximum Gasteiger partial charge on any atom is 0.0488 e. The summed E-state index contributed by atoms with van der Waals surface area (Å²) < 4.78 is 2.15. The van der Waals surface area contributed by atoms with Crippen molar-refractivity contribution >= 4 is 23.6 Å². The van der Waals surface area contributed by atoms with Gasteiger partial charge < -0.3 is 4.57 Å². The van der Waals surface area contributed by atoms with Crippen LogP contribution in [0.15, 0.2) is 30.9 Å². The number of hydrogen-bond acceptors (Lipinski definition) is 0. The molecular formula is C14H15N. The van der Waals surface area contributed by atoms with Crippen molar-refractivity contribution in [3.63, 3.8) is 0 Å². The Morgan fingerprint density at radius 1 is 1.33 bits per heavy atom. The van der Waals surface area contributed by atoms with Crippen LogP contribution in [0.25, 0.3) is 23.6 Å². The third-order valence-corrected chi connectivity index (χ3v) is 2.78. The van der Waals surface area contributed by atoms with Crippen molar-refractivity contribution in [2.75, 3.05) is 0 Å². The first kappa shape index (κ1) is 9.78. The fourth-order valence-electron chi connectivity index (χ4n) is 1.98. The molecule has 76 valence electrons. The van der Waals surface area contributed by atoms with Crippen LogP contribution in [0.1, 0.15) is 5.56 Å². The van der Waals surface area contributed by atoms with Crippen LogP contribution in [0.2, 0.25) is 0 Å². The molecule has 0 fully saturated rings. The maximum absolute atomic E-state index is 4.13. The molecule has 0 radical (unpaired) electrons. The first-order chi connectivity index (χ1) is 7.15. The lowest BCUT2D eigenvalue weighted by Crippen LogP contribution is -2.25. The number of nitrogens with zero attached hydrogens (tertiary/aromatic N) is 1. The lowest BCUT2D eigenvalue weighted by molar-refractivity contribution is 0.926. The number of fused-ring (bicyclic) bond motifs is 1. The molecule has 2 rings (SSSR count). The fourth-order valence-corrected chi connectivity index (χ4v) is 1.98. The molecule has 0 bridgehead atoms. The van der Waals surface area contributed by atoms with Gasteiger partial charge in [0.25, 0.3) is 0 Å². The predicted octanol–water partition coefficient (Wildman–Crippen LogP) is 1.86. The summed E-state index contributed by atoms with van der Waals surface area (Å²) in [5.74, 6) is 0. The topological polar surface area (TPSA) is 4.93 Å². The molecule has 0 saturated heterocycles. The molecule has 0 unspecified atom stereocenters. The third kappa shape index (κ3) is 1.40. The van der Waals surface area contributed by atoms with Gasteiger partial charge in [-0.05, 0) is 25.1 Å². The summed E-state index contributed by atoms with van der Waals surface area (Å²) in [7, 11) is 2.06. The molecule has 0 aliphatic rings. The van der Waals surface area contributed by atoms with Gasteiger partial charge in [0.05, 0.1) is 0 Å². The Bertz CT molecular complexity index is 629. The van der Waals surface area contributed by atoms with E-state index in [-0.39, 0.29) is 0 Å². The van der Waals surface area contributed by atoms with Gasteiger partial charge >= 0.3 is 0 Å². The Balaban J connectivity index is 3.05. The van der Waals surface area contributed by atoms with Crippen LogP contribution in [0.3, 0.4) is 0 Å². The molecule has 0 aliphatic carbocycles. The van der Waals surface area contributed by atoms with Gasteiger partial charge in [0.15, 0.2) is 0 Å². The molecule has 0 atom stereocenters. The Hall–Kier alpha value is -1.76. The number of hydrogen-bond donors (Lipinski definition) is 0. The Morgan fingerprint density at radius 2 is 2.07 bits per heavy atom. The Kier molecular flexibility index (Phi) is 2.24. The zero-order chi connectivity index (χ0) is 11.0. The molecule has 1 heterocycles. The van der Waals surface area contributed by atoms with E-state index in [1.807, 2.05) is 6.08 Å². The van der Waals surface area contributed by atoms with Crippen molar-refractivity contribution in [2.24, 2.45) is 7.05 Å². The van der Waals surface area contributed by atoms with E-state index in [2.05, 4.69) is 49.9 Å². The summed E-state index contributed by atoms with van der Waals surface area (Å²) in [6.07, 6.45) is 3.80. The summed E-state index contributed by atoms with van der Waals surface area (Å²) in [6.45, 7) is 9.96. The van der Waals surface area contributed by atoms with Crippen molar-refractivity contribution in [1.29, 1.82) is 0 Å². The number of rotatable bonds is 1. The van der Waals surface area contributed by atoms with Crippen molar-refractivity contribution in [1.82, 2.24) is 4.57 Å². The molecule has 0 aliphatic heterocycles. The van der Waals surface area contributed by atoms with Crippen LogP contribution in [0.5, 0.6) is 0 Å². The molecule has 0 saturated carbocycles. The summed E-state index contributed by atoms with van der Waals surface area (Å²) in [4.78, 5) is 0. The largest absolute Gasteiger partial charge is 0.344 e. The van der Waals surface area contributed by atoms with Crippen molar-refractivity contribution in [2.45, 2.75) is 6.92 Å². The van der Waals surface area contributed by atoms with E-state index in [9.17, 15) is 0 Å². The predicted molar refractivity (Wildman–Crippen MR) is 67.1 cm³/mol. The van der Waals surface area contributed by atoms with E-state index in [1.165, 1.54) is 16.5 Å². The van der Waals surface area contributed by atoms with E-state index in [4.69, 9.17) is 0 Å². The van der Waals surface area contributed by atoms with Crippen molar-refractivity contribution in [3.05, 3.63) is 47.0 Å². The first-order valence-corrected chi connectivity index (χ1v) is 5.02. The highest BCUT2D eigenvalue weighted by molar-refractivity contribution is 5.82. The zero-order valence-corrected chi connectivity index (χ0v) is 9.25. The molecule has 0 amide bonds. The van der Waals surface area contributed by atoms with E-state index >= 15 is 0 Å². The second-order valence-corrected chi connectivity index (χ2v) is 3.85. The maximum atomic E-state index is 4.13. The molecule has 2 aromatic rings. The van der Waals surface area contributed by atoms with E-state index < -0.39 is 0 Å². The van der Waals surface area contributed by atoms with Crippen LogP contribution in [-0.2, 0) is 7.05 Å². The van der Waals surface area contributed by atoms with Gasteiger partial charge in [-0.2, -0.15) is 0 Å². The molecular weight excluding hydrogens is 182 g/mol. The second-order valence-electron chi connectivity index (χ2n) is 3.85. The lowest BCUT2D eigenvalue weighted by atomic mass is 10.1. The number of aromatic nitrogens is 1. The zero-order valence-electron chi connectivity index (χ0n) is 9.25. The van der Waals surface area contributed by atoms with Gasteiger partial charge in [0.2, 0.25) is 0 Å². The fraction of sp³-hybridized carbons (Fsp3) is 0.143. The first-order valence-electron chi connectivity index (χ1n) is 5.02. The SMILES string of the molecule is C=C/C=c1\c(=C)c2cc(C)ccc2n1C. The van der Waals surface area contributed by atoms with Gasteiger partial charge in [-0.15, -0.1) is 0 Å². The molecule has 1 heteroatoms. The second kappa shape index (κ2) is 3.43. The van der Waals surface area contributed by atoms with E-state index in [1.54, 1.807) is 6.08 Å². The van der Waals surface area contributed by atoms with Crippen molar-refractivity contribution < 1.29 is 0 Å². The molecule has 1 nitrogen and oxygen atoms in total. The van der Waals surface area contributed by atoms with E-state index in [0.717, 1.165) is 10.6 Å². The third-order valence-electron chi connectivity index (χ3n) is 2.78. The van der Waals surface area contributed by atoms with Gasteiger partial charge in [-0.3, -0.25) is 0 Å². The Labute approximate surface area is 89.7 Å². The molecule has 1 aromatic carbocycles. The minimum absolute atomic E-state index is 1.08. The number of allylic oxidation sites excluding steroid dienone is 1. The normalized spacial score (nSPS) is 12.3. The standard InChI is InChI=1S/C14H15N/c1-5-6-13-11(3)12-9-10(2)7-8-14(12)15(13)4/h5-9H,1,3H2,2,4H3/b13-6+. The lowest BCUT2D eigenvalue weighted by Gasteiger charge is -1.96. The highest BCUT2D eigenvalue weighted by Crippen LogP contribution is 2.09. The monoisotopic (exact) mass is 197 g/mol. The van der Waals surface area contributed by atoms with Gasteiger partial charge in [-0.25, -0.2) is 0 Å². The smallest absolute Gasteiger partial charge is 0.0488 e. The van der Waals surface area contributed by atoms with Crippen LogP contribution >= 0.6 is 0 Å². The number of aryl methyl sites for hydroxylation is 2. The molecule has 0 N–H and O–H groups in total. The minimum atomic E-state index is 1.08. The summed E-state index contributed by atoms with van der Waals surface area (Å²) in [6, 6.07) is 6.44. The van der Waals surface area contributed by atoms with Gasteiger partial charge in [-0.1, -0.05) is 30.9 Å². The molecule has 15 heavy (non-hydrogen) atoms. The summed E-state index contributed by atoms with van der Waals surface area (Å²) in [5, 5.41) is 3.44. The summed E-state index contributed by atoms with van der Waals surface area (Å²) >= 11 is 0. The van der Waals surface area contributed by atoms with E-state index in [0.29, 0.717) is 0 Å². The van der Waals surface area contributed by atoms with Crippen molar-refractivity contribution in [3.8, 4) is 0 Å². The van der Waals surface area contributed by atoms with Gasteiger partial charge in [0, 0.05) is 28.5 Å². The molecule has 1 aromatic heterocycles. The number of benzene rings is 1. The van der Waals surface area contributed by atoms with Crippen LogP contribution in [-0.4, -0.2) is 4.57 Å². The van der Waals surface area contributed by atoms with Crippen LogP contribution in [0.4, 0.5) is 0 Å². The minimum Gasteiger partial charge on any atom is -0.344 e. The average Bonchev–Trinajstić information content (AvgIpc) is 2.44. The molecule has 0 spiro atoms. The van der Waals surface area contributed by atoms with Crippen LogP contribution < -0.4 is 10.6 Å². The van der Waals surface area contributed by atoms with Gasteiger partial charge in [0.1, 0.15) is 0 Å². The average molecular weight is 197 g/mol. The summed E-state index contributed by atoms with van der Waals surface area (Å²) in [5.41, 5.74) is 2.49.